The number of hydrogen-bond donors (Lipinski definition) is 1. The Bertz CT molecular complexity index is 951. The molecule has 0 heterocycles. The number of anilines is 1. The normalized spacial score (nSPS) is 10.4. The van der Waals surface area contributed by atoms with Gasteiger partial charge in [-0.15, -0.1) is 11.8 Å². The van der Waals surface area contributed by atoms with Crippen molar-refractivity contribution in [3.63, 3.8) is 0 Å². The first-order valence-electron chi connectivity index (χ1n) is 8.25. The lowest BCUT2D eigenvalue weighted by Crippen LogP contribution is -2.16. The molecule has 130 valence electrons. The summed E-state index contributed by atoms with van der Waals surface area (Å²) in [6, 6.07) is 22.0. The average molecular weight is 361 g/mol. The monoisotopic (exact) mass is 361 g/mol. The number of nitrogens with one attached hydrogen (secondary N) is 1. The molecule has 1 amide bonds. The van der Waals surface area contributed by atoms with E-state index >= 15 is 0 Å². The third-order valence-electron chi connectivity index (χ3n) is 4.06. The standard InChI is InChI=1S/C22H19NO2S/c1-15-12-13-19(18(14-15)21(24)16-8-4-3-5-9-16)23-22(25)17-10-6-7-11-20(17)26-2/h3-14H,1-2H3,(H,23,25). The third kappa shape index (κ3) is 3.86. The van der Waals surface area contributed by atoms with Gasteiger partial charge < -0.3 is 5.32 Å². The molecule has 26 heavy (non-hydrogen) atoms. The second-order valence-electron chi connectivity index (χ2n) is 5.90. The van der Waals surface area contributed by atoms with E-state index in [9.17, 15) is 9.59 Å². The lowest BCUT2D eigenvalue weighted by molar-refractivity contribution is 0.102. The smallest absolute Gasteiger partial charge is 0.256 e. The molecule has 0 radical (unpaired) electrons. The largest absolute Gasteiger partial charge is 0.321 e. The first kappa shape index (κ1) is 18.0. The van der Waals surface area contributed by atoms with Crippen molar-refractivity contribution in [1.82, 2.24) is 0 Å². The number of rotatable bonds is 5. The number of benzene rings is 3. The summed E-state index contributed by atoms with van der Waals surface area (Å²) in [5, 5.41) is 2.91. The quantitative estimate of drug-likeness (QED) is 0.502. The van der Waals surface area contributed by atoms with Crippen molar-refractivity contribution in [2.45, 2.75) is 11.8 Å². The first-order chi connectivity index (χ1) is 12.6. The highest BCUT2D eigenvalue weighted by molar-refractivity contribution is 7.98. The van der Waals surface area contributed by atoms with E-state index in [0.717, 1.165) is 10.5 Å². The molecule has 3 aromatic rings. The van der Waals surface area contributed by atoms with E-state index in [1.54, 1.807) is 24.3 Å². The molecule has 0 aromatic heterocycles. The molecule has 3 rings (SSSR count). The Morgan fingerprint density at radius 2 is 1.54 bits per heavy atom. The van der Waals surface area contributed by atoms with Crippen LogP contribution in [0.15, 0.2) is 77.7 Å². The Balaban J connectivity index is 1.96. The van der Waals surface area contributed by atoms with Crippen LogP contribution in [-0.2, 0) is 0 Å². The minimum atomic E-state index is -0.221. The van der Waals surface area contributed by atoms with Gasteiger partial charge in [-0.2, -0.15) is 0 Å². The summed E-state index contributed by atoms with van der Waals surface area (Å²) in [7, 11) is 0. The molecule has 0 unspecified atom stereocenters. The van der Waals surface area contributed by atoms with Crippen molar-refractivity contribution in [3.8, 4) is 0 Å². The maximum atomic E-state index is 12.9. The van der Waals surface area contributed by atoms with E-state index < -0.39 is 0 Å². The predicted molar refractivity (Wildman–Crippen MR) is 107 cm³/mol. The van der Waals surface area contributed by atoms with Gasteiger partial charge in [0.25, 0.3) is 5.91 Å². The van der Waals surface area contributed by atoms with Crippen LogP contribution >= 0.6 is 11.8 Å². The van der Waals surface area contributed by atoms with Gasteiger partial charge in [-0.05, 0) is 37.4 Å². The predicted octanol–water partition coefficient (Wildman–Crippen LogP) is 5.20. The van der Waals surface area contributed by atoms with Gasteiger partial charge >= 0.3 is 0 Å². The SMILES string of the molecule is CSc1ccccc1C(=O)Nc1ccc(C)cc1C(=O)c1ccccc1. The van der Waals surface area contributed by atoms with Crippen LogP contribution in [0.4, 0.5) is 5.69 Å². The van der Waals surface area contributed by atoms with Crippen LogP contribution < -0.4 is 5.32 Å². The Hall–Kier alpha value is -2.85. The highest BCUT2D eigenvalue weighted by Gasteiger charge is 2.17. The van der Waals surface area contributed by atoms with E-state index in [4.69, 9.17) is 0 Å². The average Bonchev–Trinajstić information content (AvgIpc) is 2.69. The number of amides is 1. The van der Waals surface area contributed by atoms with Crippen molar-refractivity contribution in [2.24, 2.45) is 0 Å². The molecule has 0 bridgehead atoms. The lowest BCUT2D eigenvalue weighted by atomic mass is 9.99. The zero-order valence-electron chi connectivity index (χ0n) is 14.7. The Kier molecular flexibility index (Phi) is 5.54. The fourth-order valence-corrected chi connectivity index (χ4v) is 3.32. The summed E-state index contributed by atoms with van der Waals surface area (Å²) < 4.78 is 0. The Morgan fingerprint density at radius 1 is 0.846 bits per heavy atom. The van der Waals surface area contributed by atoms with Crippen LogP contribution in [0.3, 0.4) is 0 Å². The molecule has 0 aliphatic heterocycles. The van der Waals surface area contributed by atoms with Gasteiger partial charge in [0.15, 0.2) is 5.78 Å². The number of thioether (sulfide) groups is 1. The molecule has 0 aliphatic rings. The van der Waals surface area contributed by atoms with Crippen molar-refractivity contribution in [1.29, 1.82) is 0 Å². The summed E-state index contributed by atoms with van der Waals surface area (Å²) in [5.74, 6) is -0.330. The first-order valence-corrected chi connectivity index (χ1v) is 9.47. The molecule has 1 N–H and O–H groups in total. The molecular formula is C22H19NO2S. The summed E-state index contributed by atoms with van der Waals surface area (Å²) in [6.07, 6.45) is 1.93. The molecule has 0 saturated heterocycles. The van der Waals surface area contributed by atoms with Gasteiger partial charge in [-0.1, -0.05) is 54.1 Å². The van der Waals surface area contributed by atoms with Crippen LogP contribution in [0.1, 0.15) is 31.8 Å². The van der Waals surface area contributed by atoms with Crippen LogP contribution in [0.2, 0.25) is 0 Å². The summed E-state index contributed by atoms with van der Waals surface area (Å²) in [4.78, 5) is 26.6. The van der Waals surface area contributed by atoms with E-state index in [1.807, 2.05) is 61.7 Å². The van der Waals surface area contributed by atoms with Crippen molar-refractivity contribution < 1.29 is 9.59 Å². The summed E-state index contributed by atoms with van der Waals surface area (Å²) in [6.45, 7) is 1.93. The fourth-order valence-electron chi connectivity index (χ4n) is 2.72. The van der Waals surface area contributed by atoms with Crippen LogP contribution in [0.25, 0.3) is 0 Å². The van der Waals surface area contributed by atoms with E-state index in [0.29, 0.717) is 22.4 Å². The van der Waals surface area contributed by atoms with Crippen LogP contribution in [0.5, 0.6) is 0 Å². The van der Waals surface area contributed by atoms with Crippen LogP contribution in [-0.4, -0.2) is 17.9 Å². The number of hydrogen-bond acceptors (Lipinski definition) is 3. The van der Waals surface area contributed by atoms with Gasteiger partial charge in [0.2, 0.25) is 0 Å². The van der Waals surface area contributed by atoms with E-state index in [-0.39, 0.29) is 11.7 Å². The number of carbonyl (C=O) groups is 2. The molecule has 0 aliphatic carbocycles. The highest BCUT2D eigenvalue weighted by atomic mass is 32.2. The van der Waals surface area contributed by atoms with E-state index in [1.165, 1.54) is 11.8 Å². The third-order valence-corrected chi connectivity index (χ3v) is 4.85. The molecule has 3 aromatic carbocycles. The molecule has 0 atom stereocenters. The zero-order chi connectivity index (χ0) is 18.5. The molecule has 4 heteroatoms. The summed E-state index contributed by atoms with van der Waals surface area (Å²) in [5.41, 5.74) is 3.17. The molecule has 0 saturated carbocycles. The van der Waals surface area contributed by atoms with Crippen molar-refractivity contribution in [2.75, 3.05) is 11.6 Å². The maximum absolute atomic E-state index is 12.9. The molecule has 0 spiro atoms. The molecule has 0 fully saturated rings. The van der Waals surface area contributed by atoms with Gasteiger partial charge in [-0.25, -0.2) is 0 Å². The minimum Gasteiger partial charge on any atom is -0.321 e. The van der Waals surface area contributed by atoms with Crippen molar-refractivity contribution >= 4 is 29.1 Å². The Morgan fingerprint density at radius 3 is 2.27 bits per heavy atom. The van der Waals surface area contributed by atoms with Crippen molar-refractivity contribution in [3.05, 3.63) is 95.1 Å². The van der Waals surface area contributed by atoms with Gasteiger partial charge in [0.05, 0.1) is 11.3 Å². The van der Waals surface area contributed by atoms with Crippen LogP contribution in [0, 0.1) is 6.92 Å². The number of aryl methyl sites for hydroxylation is 1. The van der Waals surface area contributed by atoms with Gasteiger partial charge in [-0.3, -0.25) is 9.59 Å². The number of ketones is 1. The minimum absolute atomic E-state index is 0.109. The second kappa shape index (κ2) is 8.02. The zero-order valence-corrected chi connectivity index (χ0v) is 15.5. The van der Waals surface area contributed by atoms with Gasteiger partial charge in [0.1, 0.15) is 0 Å². The fraction of sp³-hybridized carbons (Fsp3) is 0.0909. The second-order valence-corrected chi connectivity index (χ2v) is 6.75. The maximum Gasteiger partial charge on any atom is 0.256 e. The summed E-state index contributed by atoms with van der Waals surface area (Å²) >= 11 is 1.52. The molecule has 3 nitrogen and oxygen atoms in total. The molecular weight excluding hydrogens is 342 g/mol. The number of carbonyl (C=O) groups excluding carboxylic acids is 2. The topological polar surface area (TPSA) is 46.2 Å². The highest BCUT2D eigenvalue weighted by Crippen LogP contribution is 2.24. The van der Waals surface area contributed by atoms with Gasteiger partial charge in [0, 0.05) is 16.0 Å². The Labute approximate surface area is 157 Å². The lowest BCUT2D eigenvalue weighted by Gasteiger charge is -2.13. The van der Waals surface area contributed by atoms with E-state index in [2.05, 4.69) is 5.32 Å².